The molecule has 0 radical (unpaired) electrons. The summed E-state index contributed by atoms with van der Waals surface area (Å²) < 4.78 is 0. The van der Waals surface area contributed by atoms with Gasteiger partial charge in [-0.2, -0.15) is 0 Å². The number of carbonyl (C=O) groups excluding carboxylic acids is 1. The molecule has 162 valence electrons. The van der Waals surface area contributed by atoms with Gasteiger partial charge < -0.3 is 10.2 Å². The molecule has 2 aliphatic rings. The van der Waals surface area contributed by atoms with Crippen molar-refractivity contribution in [1.29, 1.82) is 0 Å². The summed E-state index contributed by atoms with van der Waals surface area (Å²) in [6.07, 6.45) is 3.03. The Hall–Kier alpha value is -1.95. The number of halogens is 2. The highest BCUT2D eigenvalue weighted by Gasteiger charge is 2.34. The maximum Gasteiger partial charge on any atom is 0.264 e. The van der Waals surface area contributed by atoms with Crippen LogP contribution in [0.3, 0.4) is 0 Å². The number of amidine groups is 1. The molecule has 31 heavy (non-hydrogen) atoms. The Morgan fingerprint density at radius 3 is 2.77 bits per heavy atom. The van der Waals surface area contributed by atoms with Crippen molar-refractivity contribution in [3.63, 3.8) is 0 Å². The zero-order valence-electron chi connectivity index (χ0n) is 18.2. The van der Waals surface area contributed by atoms with Crippen molar-refractivity contribution >= 4 is 63.5 Å². The van der Waals surface area contributed by atoms with Gasteiger partial charge in [0, 0.05) is 18.3 Å². The van der Waals surface area contributed by atoms with Gasteiger partial charge in [0.2, 0.25) is 0 Å². The number of fused-ring (bicyclic) bond motifs is 1. The van der Waals surface area contributed by atoms with Crippen molar-refractivity contribution in [3.8, 4) is 0 Å². The molecular formula is C24H25Cl2N3OS. The lowest BCUT2D eigenvalue weighted by atomic mass is 9.79. The lowest BCUT2D eigenvalue weighted by Gasteiger charge is -2.45. The normalized spacial score (nSPS) is 22.7. The van der Waals surface area contributed by atoms with E-state index in [1.807, 2.05) is 6.08 Å². The Bertz CT molecular complexity index is 1140. The SMILES string of the molecule is Cc1cc2c(cc1/C=C1\SC(=Nc3cccc(Cl)c3Cl)NC1=O)C(C)CC(C)(C)N2C. The number of thioether (sulfide) groups is 1. The van der Waals surface area contributed by atoms with Crippen molar-refractivity contribution < 1.29 is 4.79 Å². The Kier molecular flexibility index (Phi) is 5.88. The summed E-state index contributed by atoms with van der Waals surface area (Å²) in [5, 5.41) is 4.12. The van der Waals surface area contributed by atoms with Gasteiger partial charge in [0.05, 0.1) is 20.6 Å². The quantitative estimate of drug-likeness (QED) is 0.481. The molecule has 7 heteroatoms. The minimum atomic E-state index is -0.162. The average Bonchev–Trinajstić information content (AvgIpc) is 3.03. The highest BCUT2D eigenvalue weighted by atomic mass is 35.5. The first-order valence-electron chi connectivity index (χ1n) is 10.2. The monoisotopic (exact) mass is 473 g/mol. The van der Waals surface area contributed by atoms with Crippen molar-refractivity contribution in [1.82, 2.24) is 5.32 Å². The molecular weight excluding hydrogens is 449 g/mol. The van der Waals surface area contributed by atoms with Crippen LogP contribution in [0.2, 0.25) is 10.0 Å². The number of aryl methyl sites for hydroxylation is 1. The maximum absolute atomic E-state index is 12.6. The lowest BCUT2D eigenvalue weighted by Crippen LogP contribution is -2.45. The fourth-order valence-electron chi connectivity index (χ4n) is 4.20. The van der Waals surface area contributed by atoms with Crippen LogP contribution >= 0.6 is 35.0 Å². The Morgan fingerprint density at radius 1 is 1.29 bits per heavy atom. The topological polar surface area (TPSA) is 44.7 Å². The zero-order chi connectivity index (χ0) is 22.5. The number of anilines is 1. The van der Waals surface area contributed by atoms with Crippen LogP contribution in [-0.2, 0) is 4.79 Å². The Morgan fingerprint density at radius 2 is 2.03 bits per heavy atom. The maximum atomic E-state index is 12.6. The molecule has 4 rings (SSSR count). The van der Waals surface area contributed by atoms with Crippen molar-refractivity contribution in [2.75, 3.05) is 11.9 Å². The third-order valence-corrected chi connectivity index (χ3v) is 7.83. The summed E-state index contributed by atoms with van der Waals surface area (Å²) in [4.78, 5) is 20.0. The molecule has 1 fully saturated rings. The second-order valence-electron chi connectivity index (χ2n) is 8.80. The Labute approximate surface area is 197 Å². The summed E-state index contributed by atoms with van der Waals surface area (Å²) in [7, 11) is 2.16. The minimum Gasteiger partial charge on any atom is -0.369 e. The number of nitrogens with zero attached hydrogens (tertiary/aromatic N) is 2. The molecule has 2 aromatic rings. The van der Waals surface area contributed by atoms with E-state index in [4.69, 9.17) is 23.2 Å². The van der Waals surface area contributed by atoms with Crippen LogP contribution in [0.5, 0.6) is 0 Å². The minimum absolute atomic E-state index is 0.118. The molecule has 2 aliphatic heterocycles. The molecule has 1 saturated heterocycles. The average molecular weight is 474 g/mol. The smallest absolute Gasteiger partial charge is 0.264 e. The number of carbonyl (C=O) groups is 1. The van der Waals surface area contributed by atoms with Gasteiger partial charge in [0.15, 0.2) is 5.17 Å². The summed E-state index contributed by atoms with van der Waals surface area (Å²) >= 11 is 13.6. The zero-order valence-corrected chi connectivity index (χ0v) is 20.5. The van der Waals surface area contributed by atoms with Crippen LogP contribution in [0, 0.1) is 6.92 Å². The molecule has 0 saturated carbocycles. The molecule has 2 heterocycles. The van der Waals surface area contributed by atoms with Crippen molar-refractivity contribution in [2.45, 2.75) is 45.6 Å². The van der Waals surface area contributed by atoms with Gasteiger partial charge in [-0.25, -0.2) is 4.99 Å². The fourth-order valence-corrected chi connectivity index (χ4v) is 5.36. The second-order valence-corrected chi connectivity index (χ2v) is 10.6. The largest absolute Gasteiger partial charge is 0.369 e. The number of aliphatic imine (C=N–C) groups is 1. The van der Waals surface area contributed by atoms with E-state index in [0.29, 0.717) is 31.7 Å². The summed E-state index contributed by atoms with van der Waals surface area (Å²) in [5.41, 5.74) is 5.43. The number of hydrogen-bond acceptors (Lipinski definition) is 4. The lowest BCUT2D eigenvalue weighted by molar-refractivity contribution is -0.115. The summed E-state index contributed by atoms with van der Waals surface area (Å²) in [6.45, 7) is 8.93. The van der Waals surface area contributed by atoms with Gasteiger partial charge in [-0.05, 0) is 91.9 Å². The standard InChI is InChI=1S/C24H25Cl2N3OS/c1-13-9-19-16(14(2)12-24(3,4)29(19)5)10-15(13)11-20-22(30)28-23(31-20)27-18-8-6-7-17(25)21(18)26/h6-11,14H,12H2,1-5H3,(H,27,28,30)/b20-11-. The third kappa shape index (κ3) is 4.23. The van der Waals surface area contributed by atoms with E-state index in [-0.39, 0.29) is 11.4 Å². The van der Waals surface area contributed by atoms with E-state index < -0.39 is 0 Å². The molecule has 2 aromatic carbocycles. The molecule has 1 amide bonds. The van der Waals surface area contributed by atoms with Crippen LogP contribution in [0.1, 0.15) is 49.8 Å². The number of benzene rings is 2. The number of hydrogen-bond donors (Lipinski definition) is 1. The van der Waals surface area contributed by atoms with E-state index in [1.165, 1.54) is 23.0 Å². The van der Waals surface area contributed by atoms with Crippen LogP contribution < -0.4 is 10.2 Å². The van der Waals surface area contributed by atoms with E-state index >= 15 is 0 Å². The Balaban J connectivity index is 1.67. The molecule has 4 nitrogen and oxygen atoms in total. The fraction of sp³-hybridized carbons (Fsp3) is 0.333. The highest BCUT2D eigenvalue weighted by molar-refractivity contribution is 8.18. The van der Waals surface area contributed by atoms with Crippen LogP contribution in [-0.4, -0.2) is 23.7 Å². The first-order chi connectivity index (χ1) is 14.6. The van der Waals surface area contributed by atoms with Crippen LogP contribution in [0.4, 0.5) is 11.4 Å². The second kappa shape index (κ2) is 8.19. The number of nitrogens with one attached hydrogen (secondary N) is 1. The molecule has 0 bridgehead atoms. The molecule has 0 spiro atoms. The van der Waals surface area contributed by atoms with E-state index in [0.717, 1.165) is 17.5 Å². The van der Waals surface area contributed by atoms with Gasteiger partial charge in [0.25, 0.3) is 5.91 Å². The van der Waals surface area contributed by atoms with Gasteiger partial charge in [-0.1, -0.05) is 36.2 Å². The molecule has 0 aliphatic carbocycles. The predicted octanol–water partition coefficient (Wildman–Crippen LogP) is 6.92. The van der Waals surface area contributed by atoms with Crippen molar-refractivity contribution in [3.05, 3.63) is 62.0 Å². The van der Waals surface area contributed by atoms with Gasteiger partial charge >= 0.3 is 0 Å². The first-order valence-corrected chi connectivity index (χ1v) is 11.8. The van der Waals surface area contributed by atoms with Gasteiger partial charge in [-0.3, -0.25) is 4.79 Å². The summed E-state index contributed by atoms with van der Waals surface area (Å²) in [6, 6.07) is 9.71. The molecule has 0 aromatic heterocycles. The molecule has 1 N–H and O–H groups in total. The molecule has 1 unspecified atom stereocenters. The van der Waals surface area contributed by atoms with Gasteiger partial charge in [0.1, 0.15) is 0 Å². The van der Waals surface area contributed by atoms with E-state index in [9.17, 15) is 4.79 Å². The van der Waals surface area contributed by atoms with Crippen LogP contribution in [0.25, 0.3) is 6.08 Å². The third-order valence-electron chi connectivity index (χ3n) is 6.11. The van der Waals surface area contributed by atoms with E-state index in [1.54, 1.807) is 18.2 Å². The predicted molar refractivity (Wildman–Crippen MR) is 134 cm³/mol. The molecule has 1 atom stereocenters. The number of amides is 1. The van der Waals surface area contributed by atoms with Gasteiger partial charge in [-0.15, -0.1) is 0 Å². The first kappa shape index (κ1) is 22.3. The highest BCUT2D eigenvalue weighted by Crippen LogP contribution is 2.44. The van der Waals surface area contributed by atoms with E-state index in [2.05, 4.69) is 62.1 Å². The summed E-state index contributed by atoms with van der Waals surface area (Å²) in [5.74, 6) is 0.288. The van der Waals surface area contributed by atoms with Crippen LogP contribution in [0.15, 0.2) is 40.2 Å². The van der Waals surface area contributed by atoms with Crippen molar-refractivity contribution in [2.24, 2.45) is 4.99 Å². The number of rotatable bonds is 2.